The van der Waals surface area contributed by atoms with E-state index in [-0.39, 0.29) is 10.8 Å². The van der Waals surface area contributed by atoms with Crippen LogP contribution < -0.4 is 9.30 Å². The van der Waals surface area contributed by atoms with Crippen molar-refractivity contribution in [3.8, 4) is 39.8 Å². The number of ether oxygens (including phenoxy) is 1. The summed E-state index contributed by atoms with van der Waals surface area (Å²) in [5.41, 5.74) is 13.2. The number of benzene rings is 7. The minimum absolute atomic E-state index is 0.123. The fourth-order valence-corrected chi connectivity index (χ4v) is 9.04. The van der Waals surface area contributed by atoms with Gasteiger partial charge in [0, 0.05) is 33.9 Å². The first-order valence-electron chi connectivity index (χ1n) is 21.7. The van der Waals surface area contributed by atoms with Crippen molar-refractivity contribution in [2.24, 2.45) is 0 Å². The van der Waals surface area contributed by atoms with Gasteiger partial charge in [-0.05, 0) is 108 Å². The van der Waals surface area contributed by atoms with Crippen LogP contribution in [0, 0.1) is 20.2 Å². The van der Waals surface area contributed by atoms with E-state index in [0.717, 1.165) is 67.6 Å². The molecule has 0 unspecified atom stereocenters. The maximum atomic E-state index is 6.91. The number of hydrogen-bond acceptors (Lipinski definition) is 2. The summed E-state index contributed by atoms with van der Waals surface area (Å²) in [6, 6.07) is 66.5. The third kappa shape index (κ3) is 7.19. The second-order valence-corrected chi connectivity index (χ2v) is 17.6. The number of imidazole rings is 1. The van der Waals surface area contributed by atoms with Gasteiger partial charge in [-0.3, -0.25) is 13.7 Å². The Morgan fingerprint density at radius 2 is 1.11 bits per heavy atom. The molecular formula is C58H50N4O. The summed E-state index contributed by atoms with van der Waals surface area (Å²) in [6.45, 7) is 13.4. The highest BCUT2D eigenvalue weighted by molar-refractivity contribution is 6.09. The normalized spacial score (nSPS) is 12.0. The SMILES string of the molecule is Cc1c(C)[n+](-c2ccc(C(C)(C)c3ccccc3)cc2)[c-]n1-c1cc(Oc2ccc3c4ccccc4n(-c4cc(C(C)(C)c5ccccc5)ccn4)c3c2)cc(-c2ccccc2)c1. The Morgan fingerprint density at radius 1 is 0.508 bits per heavy atom. The smallest absolute Gasteiger partial charge is 0.269 e. The first-order chi connectivity index (χ1) is 30.6. The molecule has 0 aliphatic rings. The summed E-state index contributed by atoms with van der Waals surface area (Å²) in [5, 5.41) is 2.30. The Labute approximate surface area is 370 Å². The van der Waals surface area contributed by atoms with Crippen LogP contribution in [0.15, 0.2) is 194 Å². The van der Waals surface area contributed by atoms with Crippen molar-refractivity contribution in [1.82, 2.24) is 14.1 Å². The molecule has 3 aromatic heterocycles. The summed E-state index contributed by atoms with van der Waals surface area (Å²) < 4.78 is 13.5. The van der Waals surface area contributed by atoms with Crippen LogP contribution in [0.25, 0.3) is 50.1 Å². The second kappa shape index (κ2) is 15.8. The predicted octanol–water partition coefficient (Wildman–Crippen LogP) is 13.8. The molecule has 0 bridgehead atoms. The molecule has 0 atom stereocenters. The van der Waals surface area contributed by atoms with Crippen LogP contribution in [0.3, 0.4) is 0 Å². The zero-order valence-corrected chi connectivity index (χ0v) is 36.7. The van der Waals surface area contributed by atoms with Crippen molar-refractivity contribution < 1.29 is 9.30 Å². The molecular weight excluding hydrogens is 769 g/mol. The maximum Gasteiger partial charge on any atom is 0.269 e. The molecule has 0 amide bonds. The van der Waals surface area contributed by atoms with Crippen molar-refractivity contribution in [3.05, 3.63) is 234 Å². The number of fused-ring (bicyclic) bond motifs is 3. The highest BCUT2D eigenvalue weighted by atomic mass is 16.5. The lowest BCUT2D eigenvalue weighted by Gasteiger charge is -2.26. The molecule has 3 heterocycles. The predicted molar refractivity (Wildman–Crippen MR) is 257 cm³/mol. The van der Waals surface area contributed by atoms with Crippen LogP contribution in [0.5, 0.6) is 11.5 Å². The number of aromatic nitrogens is 4. The van der Waals surface area contributed by atoms with Gasteiger partial charge in [0.05, 0.1) is 33.8 Å². The third-order valence-electron chi connectivity index (χ3n) is 13.1. The maximum absolute atomic E-state index is 6.91. The molecule has 5 nitrogen and oxygen atoms in total. The zero-order valence-electron chi connectivity index (χ0n) is 36.7. The molecule has 0 saturated heterocycles. The standard InChI is InChI=1S/C58H50N4O/c1-40-41(2)61(39-60(40)48-28-26-46(27-29-48)57(3,4)44-20-12-8-13-21-44)49-34-43(42-18-10-7-11-19-42)35-51(37-49)63-50-30-31-53-52-24-16-17-25-54(52)62(55(53)38-50)56-36-47(32-33-59-56)58(5,6)45-22-14-9-15-23-45/h7-38H,1-6H3. The third-order valence-corrected chi connectivity index (χ3v) is 13.1. The summed E-state index contributed by atoms with van der Waals surface area (Å²) in [4.78, 5) is 4.97. The molecule has 0 aliphatic heterocycles. The van der Waals surface area contributed by atoms with E-state index >= 15 is 0 Å². The van der Waals surface area contributed by atoms with Gasteiger partial charge in [-0.25, -0.2) is 4.98 Å². The number of nitrogens with zero attached hydrogens (tertiary/aromatic N) is 4. The van der Waals surface area contributed by atoms with E-state index in [4.69, 9.17) is 9.72 Å². The summed E-state index contributed by atoms with van der Waals surface area (Å²) in [5.74, 6) is 2.34. The van der Waals surface area contributed by atoms with Crippen LogP contribution in [-0.4, -0.2) is 14.1 Å². The molecule has 10 aromatic rings. The Bertz CT molecular complexity index is 3250. The number of para-hydroxylation sites is 1. The highest BCUT2D eigenvalue weighted by Gasteiger charge is 2.26. The molecule has 63 heavy (non-hydrogen) atoms. The van der Waals surface area contributed by atoms with E-state index in [1.807, 2.05) is 6.20 Å². The fraction of sp³-hybridized carbons (Fsp3) is 0.138. The van der Waals surface area contributed by atoms with Crippen molar-refractivity contribution in [1.29, 1.82) is 0 Å². The van der Waals surface area contributed by atoms with Crippen LogP contribution >= 0.6 is 0 Å². The van der Waals surface area contributed by atoms with Gasteiger partial charge < -0.3 is 4.74 Å². The van der Waals surface area contributed by atoms with Gasteiger partial charge in [0.15, 0.2) is 0 Å². The molecule has 308 valence electrons. The first kappa shape index (κ1) is 39.6. The van der Waals surface area contributed by atoms with Gasteiger partial charge >= 0.3 is 0 Å². The van der Waals surface area contributed by atoms with E-state index in [0.29, 0.717) is 0 Å². The molecule has 7 aromatic carbocycles. The molecule has 0 saturated carbocycles. The van der Waals surface area contributed by atoms with Crippen molar-refractivity contribution in [2.75, 3.05) is 0 Å². The molecule has 0 spiro atoms. The lowest BCUT2D eigenvalue weighted by atomic mass is 9.78. The lowest BCUT2D eigenvalue weighted by Crippen LogP contribution is -2.32. The minimum Gasteiger partial charge on any atom is -0.458 e. The highest BCUT2D eigenvalue weighted by Crippen LogP contribution is 2.39. The molecule has 0 radical (unpaired) electrons. The topological polar surface area (TPSA) is 35.9 Å². The fourth-order valence-electron chi connectivity index (χ4n) is 9.04. The molecule has 10 rings (SSSR count). The van der Waals surface area contributed by atoms with Crippen LogP contribution in [0.1, 0.15) is 61.3 Å². The van der Waals surface area contributed by atoms with Gasteiger partial charge in [0.25, 0.3) is 6.33 Å². The molecule has 5 heteroatoms. The first-order valence-corrected chi connectivity index (χ1v) is 21.7. The van der Waals surface area contributed by atoms with Crippen molar-refractivity contribution >= 4 is 21.8 Å². The average Bonchev–Trinajstić information content (AvgIpc) is 3.82. The van der Waals surface area contributed by atoms with Gasteiger partial charge in [0.1, 0.15) is 17.3 Å². The summed E-state index contributed by atoms with van der Waals surface area (Å²) in [6.07, 6.45) is 5.63. The number of hydrogen-bond donors (Lipinski definition) is 0. The van der Waals surface area contributed by atoms with Crippen LogP contribution in [0.2, 0.25) is 0 Å². The van der Waals surface area contributed by atoms with E-state index in [1.54, 1.807) is 0 Å². The largest absolute Gasteiger partial charge is 0.458 e. The van der Waals surface area contributed by atoms with Gasteiger partial charge in [-0.2, -0.15) is 0 Å². The minimum atomic E-state index is -0.217. The second-order valence-electron chi connectivity index (χ2n) is 17.6. The molecule has 0 N–H and O–H groups in total. The monoisotopic (exact) mass is 818 g/mol. The Hall–Kier alpha value is -7.50. The zero-order chi connectivity index (χ0) is 43.3. The summed E-state index contributed by atoms with van der Waals surface area (Å²) >= 11 is 0. The Kier molecular flexibility index (Phi) is 9.91. The summed E-state index contributed by atoms with van der Waals surface area (Å²) in [7, 11) is 0. The van der Waals surface area contributed by atoms with E-state index in [2.05, 4.69) is 250 Å². The van der Waals surface area contributed by atoms with Crippen LogP contribution in [-0.2, 0) is 10.8 Å². The number of pyridine rings is 1. The Balaban J connectivity index is 1.04. The van der Waals surface area contributed by atoms with E-state index < -0.39 is 0 Å². The van der Waals surface area contributed by atoms with Crippen molar-refractivity contribution in [3.63, 3.8) is 0 Å². The molecule has 0 fully saturated rings. The molecule has 0 aliphatic carbocycles. The van der Waals surface area contributed by atoms with Gasteiger partial charge in [-0.15, -0.1) is 0 Å². The Morgan fingerprint density at radius 3 is 1.81 bits per heavy atom. The van der Waals surface area contributed by atoms with E-state index in [9.17, 15) is 0 Å². The van der Waals surface area contributed by atoms with E-state index in [1.165, 1.54) is 27.6 Å². The number of rotatable bonds is 10. The van der Waals surface area contributed by atoms with Gasteiger partial charge in [-0.1, -0.05) is 149 Å². The van der Waals surface area contributed by atoms with Gasteiger partial charge in [0.2, 0.25) is 0 Å². The quantitative estimate of drug-likeness (QED) is 0.102. The average molecular weight is 819 g/mol. The van der Waals surface area contributed by atoms with Crippen molar-refractivity contribution in [2.45, 2.75) is 52.4 Å². The van der Waals surface area contributed by atoms with Crippen LogP contribution in [0.4, 0.5) is 0 Å². The lowest BCUT2D eigenvalue weighted by molar-refractivity contribution is -0.606.